The van der Waals surface area contributed by atoms with E-state index < -0.39 is 29.6 Å². The number of hydrogen-bond acceptors (Lipinski definition) is 10. The van der Waals surface area contributed by atoms with E-state index in [9.17, 15) is 27.6 Å². The van der Waals surface area contributed by atoms with Crippen molar-refractivity contribution in [2.24, 2.45) is 5.92 Å². The van der Waals surface area contributed by atoms with E-state index in [0.29, 0.717) is 32.4 Å². The predicted octanol–water partition coefficient (Wildman–Crippen LogP) is 3.36. The third kappa shape index (κ3) is 7.36. The molecule has 48 heavy (non-hydrogen) atoms. The number of aryl methyl sites for hydroxylation is 1. The highest BCUT2D eigenvalue weighted by atomic mass is 19.4. The van der Waals surface area contributed by atoms with Gasteiger partial charge in [0, 0.05) is 55.9 Å². The van der Waals surface area contributed by atoms with Gasteiger partial charge < -0.3 is 20.8 Å². The second-order valence-electron chi connectivity index (χ2n) is 11.2. The molecule has 1 aliphatic heterocycles. The van der Waals surface area contributed by atoms with E-state index in [1.807, 2.05) is 0 Å². The SMILES string of the molecule is Cc1cc(Nc2nccn3c(-c4cn(CC#N)nc4C(F)(F)F)cnc23)cc(F)c1C(=O)N[C@H](C)CNC(=O)C1CCN(OC=O)CC1. The monoisotopic (exact) mass is 670 g/mol. The molecule has 5 rings (SSSR count). The number of carbonyl (C=O) groups is 3. The topological polar surface area (TPSA) is 172 Å². The molecule has 252 valence electrons. The zero-order valence-electron chi connectivity index (χ0n) is 25.7. The molecule has 0 spiro atoms. The van der Waals surface area contributed by atoms with Gasteiger partial charge in [-0.05, 0) is 44.4 Å². The van der Waals surface area contributed by atoms with Crippen molar-refractivity contribution in [1.82, 2.24) is 39.8 Å². The van der Waals surface area contributed by atoms with Crippen molar-refractivity contribution in [3.8, 4) is 17.3 Å². The van der Waals surface area contributed by atoms with Crippen LogP contribution in [-0.4, -0.2) is 73.2 Å². The first kappa shape index (κ1) is 33.8. The minimum absolute atomic E-state index is 0.0428. The lowest BCUT2D eigenvalue weighted by Crippen LogP contribution is -2.45. The van der Waals surface area contributed by atoms with Gasteiger partial charge in [0.05, 0.1) is 29.1 Å². The molecule has 1 aromatic carbocycles. The zero-order chi connectivity index (χ0) is 34.6. The maximum Gasteiger partial charge on any atom is 0.435 e. The van der Waals surface area contributed by atoms with Crippen LogP contribution in [0.4, 0.5) is 29.1 Å². The summed E-state index contributed by atoms with van der Waals surface area (Å²) in [4.78, 5) is 49.3. The minimum Gasteiger partial charge on any atom is -0.371 e. The number of imidazole rings is 1. The van der Waals surface area contributed by atoms with Gasteiger partial charge in [-0.15, -0.1) is 5.06 Å². The number of nitrogens with one attached hydrogen (secondary N) is 3. The number of nitrogens with zero attached hydrogens (tertiary/aromatic N) is 7. The Morgan fingerprint density at radius 3 is 2.65 bits per heavy atom. The molecule has 14 nitrogen and oxygen atoms in total. The van der Waals surface area contributed by atoms with Crippen LogP contribution in [0.2, 0.25) is 0 Å². The molecule has 1 atom stereocenters. The largest absolute Gasteiger partial charge is 0.435 e. The fraction of sp³-hybridized carbons (Fsp3) is 0.367. The zero-order valence-corrected chi connectivity index (χ0v) is 25.7. The summed E-state index contributed by atoms with van der Waals surface area (Å²) in [6, 6.07) is 3.82. The van der Waals surface area contributed by atoms with E-state index in [2.05, 4.69) is 31.0 Å². The van der Waals surface area contributed by atoms with Gasteiger partial charge in [0.2, 0.25) is 5.91 Å². The van der Waals surface area contributed by atoms with E-state index in [1.165, 1.54) is 41.0 Å². The Balaban J connectivity index is 1.26. The highest BCUT2D eigenvalue weighted by Gasteiger charge is 2.38. The number of rotatable bonds is 11. The van der Waals surface area contributed by atoms with E-state index >= 15 is 4.39 Å². The third-order valence-electron chi connectivity index (χ3n) is 7.72. The Bertz CT molecular complexity index is 1850. The van der Waals surface area contributed by atoms with E-state index in [-0.39, 0.29) is 64.5 Å². The molecule has 0 aliphatic carbocycles. The summed E-state index contributed by atoms with van der Waals surface area (Å²) in [5, 5.41) is 22.3. The van der Waals surface area contributed by atoms with Crippen LogP contribution in [0.1, 0.15) is 41.4 Å². The van der Waals surface area contributed by atoms with Gasteiger partial charge in [-0.1, -0.05) is 0 Å². The molecular weight excluding hydrogens is 640 g/mol. The van der Waals surface area contributed by atoms with Crippen LogP contribution in [0.25, 0.3) is 16.9 Å². The number of hydroxylamine groups is 2. The summed E-state index contributed by atoms with van der Waals surface area (Å²) in [6.07, 6.45) is 1.26. The molecule has 0 unspecified atom stereocenters. The number of nitriles is 1. The maximum atomic E-state index is 15.3. The third-order valence-corrected chi connectivity index (χ3v) is 7.72. The summed E-state index contributed by atoms with van der Waals surface area (Å²) < 4.78 is 58.9. The fourth-order valence-corrected chi connectivity index (χ4v) is 5.45. The first-order valence-corrected chi connectivity index (χ1v) is 14.7. The van der Waals surface area contributed by atoms with E-state index in [0.717, 1.165) is 16.9 Å². The molecule has 4 heterocycles. The Labute approximate surface area is 270 Å². The van der Waals surface area contributed by atoms with Crippen LogP contribution in [-0.2, 0) is 27.1 Å². The average Bonchev–Trinajstić information content (AvgIpc) is 3.65. The maximum absolute atomic E-state index is 15.3. The van der Waals surface area contributed by atoms with Crippen molar-refractivity contribution in [3.05, 3.63) is 59.6 Å². The lowest BCUT2D eigenvalue weighted by molar-refractivity contribution is -0.180. The highest BCUT2D eigenvalue weighted by molar-refractivity contribution is 5.96. The van der Waals surface area contributed by atoms with Gasteiger partial charge in [-0.25, -0.2) is 14.4 Å². The van der Waals surface area contributed by atoms with Crippen molar-refractivity contribution < 1.29 is 36.8 Å². The molecule has 3 aromatic heterocycles. The summed E-state index contributed by atoms with van der Waals surface area (Å²) in [5.74, 6) is -1.88. The number of amides is 2. The second-order valence-corrected chi connectivity index (χ2v) is 11.2. The van der Waals surface area contributed by atoms with Gasteiger partial charge in [0.25, 0.3) is 5.91 Å². The Kier molecular flexibility index (Phi) is 9.89. The van der Waals surface area contributed by atoms with E-state index in [1.54, 1.807) is 13.0 Å². The lowest BCUT2D eigenvalue weighted by atomic mass is 9.97. The molecule has 0 radical (unpaired) electrons. The summed E-state index contributed by atoms with van der Waals surface area (Å²) in [5.41, 5.74) is -1.02. The number of alkyl halides is 3. The molecule has 1 aliphatic rings. The minimum atomic E-state index is -4.80. The second kappa shape index (κ2) is 14.0. The van der Waals surface area contributed by atoms with Crippen LogP contribution in [0.5, 0.6) is 0 Å². The molecule has 4 aromatic rings. The Morgan fingerprint density at radius 2 is 1.98 bits per heavy atom. The molecule has 3 N–H and O–H groups in total. The number of halogens is 4. The van der Waals surface area contributed by atoms with Crippen molar-refractivity contribution in [3.63, 3.8) is 0 Å². The number of piperidine rings is 1. The number of benzene rings is 1. The Hall–Kier alpha value is -5.57. The summed E-state index contributed by atoms with van der Waals surface area (Å²) >= 11 is 0. The fourth-order valence-electron chi connectivity index (χ4n) is 5.45. The molecule has 18 heteroatoms. The van der Waals surface area contributed by atoms with Crippen molar-refractivity contribution in [2.45, 2.75) is 45.5 Å². The van der Waals surface area contributed by atoms with Crippen molar-refractivity contribution >= 4 is 35.4 Å². The summed E-state index contributed by atoms with van der Waals surface area (Å²) in [7, 11) is 0. The smallest absolute Gasteiger partial charge is 0.371 e. The number of fused-ring (bicyclic) bond motifs is 1. The Morgan fingerprint density at radius 1 is 1.23 bits per heavy atom. The molecular formula is C30H30F4N10O4. The van der Waals surface area contributed by atoms with Gasteiger partial charge in [-0.2, -0.15) is 23.5 Å². The van der Waals surface area contributed by atoms with Crippen molar-refractivity contribution in [1.29, 1.82) is 5.26 Å². The van der Waals surface area contributed by atoms with Gasteiger partial charge in [-0.3, -0.25) is 23.5 Å². The number of carbonyl (C=O) groups excluding carboxylic acids is 3. The van der Waals surface area contributed by atoms with Crippen LogP contribution >= 0.6 is 0 Å². The molecule has 2 amide bonds. The van der Waals surface area contributed by atoms with Crippen LogP contribution in [0.15, 0.2) is 36.9 Å². The van der Waals surface area contributed by atoms with E-state index in [4.69, 9.17) is 10.1 Å². The standard InChI is InChI=1S/C30H30F4N10O4/c1-17-11-20(12-22(31)24(17)29(47)39-18(2)13-38-28(46)19-3-7-43(8-4-19)48-16-45)40-26-27-37-14-23(44(27)10-6-36-26)21-15-42(9-5-35)41-25(21)30(32,33)34/h6,10-12,14-16,18-19H,3-4,7-9,13H2,1-2H3,(H,36,40)(H,38,46)(H,39,47)/t18-/m1/s1. The number of anilines is 2. The number of hydrogen-bond donors (Lipinski definition) is 3. The van der Waals surface area contributed by atoms with Gasteiger partial charge in [0.15, 0.2) is 17.2 Å². The first-order valence-electron chi connectivity index (χ1n) is 14.7. The van der Waals surface area contributed by atoms with Gasteiger partial charge >= 0.3 is 12.6 Å². The lowest BCUT2D eigenvalue weighted by Gasteiger charge is -2.28. The van der Waals surface area contributed by atoms with Crippen LogP contribution in [0.3, 0.4) is 0 Å². The average molecular weight is 671 g/mol. The highest BCUT2D eigenvalue weighted by Crippen LogP contribution is 2.37. The first-order chi connectivity index (χ1) is 22.9. The van der Waals surface area contributed by atoms with Crippen LogP contribution in [0, 0.1) is 30.0 Å². The van der Waals surface area contributed by atoms with Crippen LogP contribution < -0.4 is 16.0 Å². The molecule has 0 saturated carbocycles. The predicted molar refractivity (Wildman–Crippen MR) is 161 cm³/mol. The molecule has 0 bridgehead atoms. The summed E-state index contributed by atoms with van der Waals surface area (Å²) in [6.45, 7) is 4.13. The molecule has 1 saturated heterocycles. The quantitative estimate of drug-likeness (QED) is 0.159. The van der Waals surface area contributed by atoms with Gasteiger partial charge in [0.1, 0.15) is 12.4 Å². The number of aromatic nitrogens is 5. The molecule has 1 fully saturated rings. The normalized spacial score (nSPS) is 14.7. The van der Waals surface area contributed by atoms with Crippen molar-refractivity contribution in [2.75, 3.05) is 25.0 Å².